The Kier molecular flexibility index (Phi) is 2.53. The molecule has 0 aromatic carbocycles. The summed E-state index contributed by atoms with van der Waals surface area (Å²) in [5.41, 5.74) is -0.801. The van der Waals surface area contributed by atoms with Crippen molar-refractivity contribution in [1.82, 2.24) is 9.78 Å². The van der Waals surface area contributed by atoms with Gasteiger partial charge in [0.1, 0.15) is 0 Å². The van der Waals surface area contributed by atoms with Crippen LogP contribution in [0.15, 0.2) is 16.9 Å². The Morgan fingerprint density at radius 1 is 1.44 bits per heavy atom. The van der Waals surface area contributed by atoms with Gasteiger partial charge in [0.25, 0.3) is 5.56 Å². The van der Waals surface area contributed by atoms with E-state index in [1.807, 2.05) is 0 Å². The molecule has 1 aliphatic carbocycles. The molecule has 1 heterocycles. The molecule has 0 radical (unpaired) electrons. The van der Waals surface area contributed by atoms with Crippen molar-refractivity contribution >= 4 is 5.97 Å². The van der Waals surface area contributed by atoms with Crippen molar-refractivity contribution in [1.29, 1.82) is 0 Å². The Balaban J connectivity index is 2.60. The molecule has 1 saturated carbocycles. The van der Waals surface area contributed by atoms with Gasteiger partial charge in [-0.2, -0.15) is 5.10 Å². The Morgan fingerprint density at radius 3 is 2.62 bits per heavy atom. The van der Waals surface area contributed by atoms with Gasteiger partial charge in [-0.1, -0.05) is 12.8 Å². The van der Waals surface area contributed by atoms with Gasteiger partial charge in [0.05, 0.1) is 5.69 Å². The van der Waals surface area contributed by atoms with Gasteiger partial charge in [-0.15, -0.1) is 0 Å². The Bertz CT molecular complexity index is 472. The van der Waals surface area contributed by atoms with E-state index in [4.69, 9.17) is 0 Å². The van der Waals surface area contributed by atoms with Crippen LogP contribution in [0.4, 0.5) is 0 Å². The smallest absolute Gasteiger partial charge is 0.331 e. The third-order valence-electron chi connectivity index (χ3n) is 3.17. The summed E-state index contributed by atoms with van der Waals surface area (Å²) in [4.78, 5) is 23.1. The number of aliphatic carboxylic acids is 1. The predicted molar refractivity (Wildman–Crippen MR) is 57.3 cm³/mol. The highest BCUT2D eigenvalue weighted by molar-refractivity contribution is 5.76. The van der Waals surface area contributed by atoms with E-state index in [-0.39, 0.29) is 5.56 Å². The van der Waals surface area contributed by atoms with Crippen LogP contribution in [-0.2, 0) is 10.3 Å². The normalized spacial score (nSPS) is 18.6. The zero-order chi connectivity index (χ0) is 11.8. The number of carboxylic acids is 1. The molecular weight excluding hydrogens is 208 g/mol. The first-order valence-electron chi connectivity index (χ1n) is 5.37. The SMILES string of the molecule is Cc1ccc(=O)n(C2(C(=O)O)CCCC2)n1. The zero-order valence-electron chi connectivity index (χ0n) is 9.14. The number of aryl methyl sites for hydroxylation is 1. The molecule has 1 fully saturated rings. The van der Waals surface area contributed by atoms with Crippen LogP contribution in [0.5, 0.6) is 0 Å². The average molecular weight is 222 g/mol. The molecule has 5 heteroatoms. The summed E-state index contributed by atoms with van der Waals surface area (Å²) in [6.07, 6.45) is 2.63. The maximum absolute atomic E-state index is 11.7. The summed E-state index contributed by atoms with van der Waals surface area (Å²) >= 11 is 0. The van der Waals surface area contributed by atoms with Gasteiger partial charge < -0.3 is 5.11 Å². The van der Waals surface area contributed by atoms with Crippen molar-refractivity contribution < 1.29 is 9.90 Å². The summed E-state index contributed by atoms with van der Waals surface area (Å²) in [6.45, 7) is 1.75. The molecule has 0 bridgehead atoms. The molecule has 1 aromatic heterocycles. The van der Waals surface area contributed by atoms with Crippen LogP contribution in [0.1, 0.15) is 31.4 Å². The largest absolute Gasteiger partial charge is 0.479 e. The Morgan fingerprint density at radius 2 is 2.06 bits per heavy atom. The number of nitrogens with zero attached hydrogens (tertiary/aromatic N) is 2. The highest BCUT2D eigenvalue weighted by atomic mass is 16.4. The van der Waals surface area contributed by atoms with Gasteiger partial charge >= 0.3 is 5.97 Å². The maximum atomic E-state index is 11.7. The van der Waals surface area contributed by atoms with Gasteiger partial charge in [-0.3, -0.25) is 4.79 Å². The number of carbonyl (C=O) groups is 1. The van der Waals surface area contributed by atoms with Gasteiger partial charge in [-0.05, 0) is 25.8 Å². The molecule has 16 heavy (non-hydrogen) atoms. The number of aromatic nitrogens is 2. The molecule has 0 atom stereocenters. The first-order chi connectivity index (χ1) is 7.56. The van der Waals surface area contributed by atoms with Crippen molar-refractivity contribution in [2.75, 3.05) is 0 Å². The minimum absolute atomic E-state index is 0.338. The van der Waals surface area contributed by atoms with Crippen LogP contribution in [0, 0.1) is 6.92 Å². The summed E-state index contributed by atoms with van der Waals surface area (Å²) < 4.78 is 1.15. The fourth-order valence-corrected chi connectivity index (χ4v) is 2.29. The summed E-state index contributed by atoms with van der Waals surface area (Å²) in [5, 5.41) is 13.4. The lowest BCUT2D eigenvalue weighted by atomic mass is 9.98. The lowest BCUT2D eigenvalue weighted by Crippen LogP contribution is -2.46. The van der Waals surface area contributed by atoms with E-state index in [0.29, 0.717) is 18.5 Å². The second-order valence-corrected chi connectivity index (χ2v) is 4.27. The van der Waals surface area contributed by atoms with E-state index in [2.05, 4.69) is 5.10 Å². The molecule has 0 unspecified atom stereocenters. The highest BCUT2D eigenvalue weighted by Crippen LogP contribution is 2.35. The van der Waals surface area contributed by atoms with Gasteiger partial charge in [0.15, 0.2) is 5.54 Å². The van der Waals surface area contributed by atoms with Gasteiger partial charge in [0, 0.05) is 6.07 Å². The van der Waals surface area contributed by atoms with E-state index >= 15 is 0 Å². The molecule has 86 valence electrons. The van der Waals surface area contributed by atoms with Crippen LogP contribution < -0.4 is 5.56 Å². The molecular formula is C11H14N2O3. The standard InChI is InChI=1S/C11H14N2O3/c1-8-4-5-9(14)13(12-8)11(10(15)16)6-2-3-7-11/h4-5H,2-3,6-7H2,1H3,(H,15,16). The zero-order valence-corrected chi connectivity index (χ0v) is 9.14. The van der Waals surface area contributed by atoms with Crippen LogP contribution in [0.2, 0.25) is 0 Å². The molecule has 1 aromatic rings. The Hall–Kier alpha value is -1.65. The summed E-state index contributed by atoms with van der Waals surface area (Å²) in [5.74, 6) is -0.954. The first kappa shape index (κ1) is 10.9. The molecule has 2 rings (SSSR count). The quantitative estimate of drug-likeness (QED) is 0.807. The summed E-state index contributed by atoms with van der Waals surface area (Å²) in [7, 11) is 0. The predicted octanol–water partition coefficient (Wildman–Crippen LogP) is 0.906. The average Bonchev–Trinajstić information content (AvgIpc) is 2.71. The van der Waals surface area contributed by atoms with E-state index in [1.54, 1.807) is 13.0 Å². The fourth-order valence-electron chi connectivity index (χ4n) is 2.29. The summed E-state index contributed by atoms with van der Waals surface area (Å²) in [6, 6.07) is 2.98. The second-order valence-electron chi connectivity index (χ2n) is 4.27. The van der Waals surface area contributed by atoms with Crippen LogP contribution >= 0.6 is 0 Å². The number of hydrogen-bond acceptors (Lipinski definition) is 3. The second kappa shape index (κ2) is 3.73. The van der Waals surface area contributed by atoms with Crippen LogP contribution in [0.3, 0.4) is 0 Å². The van der Waals surface area contributed by atoms with E-state index in [0.717, 1.165) is 17.5 Å². The van der Waals surface area contributed by atoms with Crippen molar-refractivity contribution in [3.63, 3.8) is 0 Å². The van der Waals surface area contributed by atoms with E-state index < -0.39 is 11.5 Å². The van der Waals surface area contributed by atoms with Gasteiger partial charge in [0.2, 0.25) is 0 Å². The lowest BCUT2D eigenvalue weighted by molar-refractivity contribution is -0.148. The molecule has 1 N–H and O–H groups in total. The first-order valence-corrected chi connectivity index (χ1v) is 5.37. The molecule has 1 aliphatic rings. The third kappa shape index (κ3) is 1.52. The minimum atomic E-state index is -1.12. The van der Waals surface area contributed by atoms with Crippen molar-refractivity contribution in [2.24, 2.45) is 0 Å². The van der Waals surface area contributed by atoms with E-state index in [1.165, 1.54) is 6.07 Å². The number of rotatable bonds is 2. The maximum Gasteiger partial charge on any atom is 0.331 e. The third-order valence-corrected chi connectivity index (χ3v) is 3.17. The number of hydrogen-bond donors (Lipinski definition) is 1. The van der Waals surface area contributed by atoms with Crippen molar-refractivity contribution in [2.45, 2.75) is 38.1 Å². The number of carboxylic acid groups (broad SMARTS) is 1. The van der Waals surface area contributed by atoms with Crippen molar-refractivity contribution in [3.8, 4) is 0 Å². The monoisotopic (exact) mass is 222 g/mol. The van der Waals surface area contributed by atoms with Crippen LogP contribution in [0.25, 0.3) is 0 Å². The Labute approximate surface area is 92.7 Å². The molecule has 5 nitrogen and oxygen atoms in total. The van der Waals surface area contributed by atoms with E-state index in [9.17, 15) is 14.7 Å². The molecule has 0 amide bonds. The van der Waals surface area contributed by atoms with Crippen molar-refractivity contribution in [3.05, 3.63) is 28.2 Å². The molecule has 0 spiro atoms. The van der Waals surface area contributed by atoms with Gasteiger partial charge in [-0.25, -0.2) is 9.48 Å². The molecule has 0 aliphatic heterocycles. The topological polar surface area (TPSA) is 72.2 Å². The fraction of sp³-hybridized carbons (Fsp3) is 0.545. The lowest BCUT2D eigenvalue weighted by Gasteiger charge is -2.25. The highest BCUT2D eigenvalue weighted by Gasteiger charge is 2.44. The molecule has 0 saturated heterocycles. The minimum Gasteiger partial charge on any atom is -0.479 e. The van der Waals surface area contributed by atoms with Crippen LogP contribution in [-0.4, -0.2) is 20.9 Å².